The van der Waals surface area contributed by atoms with E-state index in [0.29, 0.717) is 22.8 Å². The number of carbonyl (C=O) groups is 1. The van der Waals surface area contributed by atoms with E-state index in [1.807, 2.05) is 30.3 Å². The highest BCUT2D eigenvalue weighted by atomic mass is 32.2. The highest BCUT2D eigenvalue weighted by Crippen LogP contribution is 2.31. The van der Waals surface area contributed by atoms with Gasteiger partial charge in [0.2, 0.25) is 10.0 Å². The van der Waals surface area contributed by atoms with E-state index < -0.39 is 26.1 Å². The molecule has 0 saturated heterocycles. The second-order valence-corrected chi connectivity index (χ2v) is 12.4. The van der Waals surface area contributed by atoms with Crippen molar-refractivity contribution >= 4 is 53.9 Å². The van der Waals surface area contributed by atoms with Gasteiger partial charge >= 0.3 is 6.03 Å². The average molecular weight is 596 g/mol. The minimum atomic E-state index is -3.86. The lowest BCUT2D eigenvalue weighted by atomic mass is 10.1. The number of aromatic nitrogens is 3. The molecule has 0 aliphatic carbocycles. The zero-order valence-electron chi connectivity index (χ0n) is 20.4. The molecule has 40 heavy (non-hydrogen) atoms. The van der Waals surface area contributed by atoms with Crippen LogP contribution in [0.3, 0.4) is 0 Å². The number of carbonyl (C=O) groups excluding carboxylic acids is 1. The summed E-state index contributed by atoms with van der Waals surface area (Å²) in [5.74, 6) is 0. The van der Waals surface area contributed by atoms with E-state index in [1.54, 1.807) is 22.2 Å². The Morgan fingerprint density at radius 2 is 1.52 bits per heavy atom. The van der Waals surface area contributed by atoms with Gasteiger partial charge in [-0.15, -0.1) is 11.3 Å². The molecular weight excluding hydrogens is 575 g/mol. The zero-order valence-corrected chi connectivity index (χ0v) is 22.9. The third kappa shape index (κ3) is 6.02. The van der Waals surface area contributed by atoms with Gasteiger partial charge in [0.15, 0.2) is 5.13 Å². The normalized spacial score (nSPS) is 11.6. The summed E-state index contributed by atoms with van der Waals surface area (Å²) in [5.41, 5.74) is 2.58. The number of nitrogens with one attached hydrogen (secondary N) is 3. The Morgan fingerprint density at radius 1 is 0.850 bits per heavy atom. The van der Waals surface area contributed by atoms with Crippen LogP contribution in [0, 0.1) is 0 Å². The number of benzene rings is 3. The van der Waals surface area contributed by atoms with Gasteiger partial charge in [-0.3, -0.25) is 4.72 Å². The van der Waals surface area contributed by atoms with Gasteiger partial charge in [-0.25, -0.2) is 36.4 Å². The zero-order chi connectivity index (χ0) is 28.3. The van der Waals surface area contributed by atoms with Crippen LogP contribution in [0.4, 0.5) is 21.3 Å². The SMILES string of the molecule is NS(=O)(=O)c1ccc(-n2ncc(NC(=O)Nc3ccc(S(=O)(=O)Nc4nccs4)cc3)c2-c2ccccc2)cc1. The summed E-state index contributed by atoms with van der Waals surface area (Å²) in [6.45, 7) is 0. The quantitative estimate of drug-likeness (QED) is 0.209. The van der Waals surface area contributed by atoms with Gasteiger partial charge < -0.3 is 10.6 Å². The maximum atomic E-state index is 12.9. The molecule has 0 fully saturated rings. The van der Waals surface area contributed by atoms with Crippen molar-refractivity contribution in [2.45, 2.75) is 9.79 Å². The third-order valence-electron chi connectivity index (χ3n) is 5.55. The Kier molecular flexibility index (Phi) is 7.36. The lowest BCUT2D eigenvalue weighted by Crippen LogP contribution is -2.20. The lowest BCUT2D eigenvalue weighted by Gasteiger charge is -2.12. The standard InChI is InChI=1S/C25H21N7O5S3/c26-39(34,35)20-12-8-19(9-13-20)32-23(17-4-2-1-3-5-17)22(16-28-32)30-24(33)29-18-6-10-21(11-7-18)40(36,37)31-25-27-14-15-38-25/h1-16H,(H,27,31)(H2,26,34,35)(H2,29,30,33). The van der Waals surface area contributed by atoms with Crippen molar-refractivity contribution in [2.75, 3.05) is 15.4 Å². The number of sulfonamides is 2. The van der Waals surface area contributed by atoms with E-state index in [-0.39, 0.29) is 14.9 Å². The molecule has 5 aromatic rings. The summed E-state index contributed by atoms with van der Waals surface area (Å²) >= 11 is 1.16. The molecule has 5 N–H and O–H groups in total. The molecule has 2 amide bonds. The van der Waals surface area contributed by atoms with Gasteiger partial charge in [0.25, 0.3) is 10.0 Å². The molecule has 0 atom stereocenters. The summed E-state index contributed by atoms with van der Waals surface area (Å²) in [6, 6.07) is 20.1. The minimum absolute atomic E-state index is 0.00903. The van der Waals surface area contributed by atoms with E-state index in [2.05, 4.69) is 25.4 Å². The molecule has 2 aromatic heterocycles. The Labute approximate surface area is 233 Å². The molecule has 15 heteroatoms. The highest BCUT2D eigenvalue weighted by molar-refractivity contribution is 7.93. The van der Waals surface area contributed by atoms with Crippen LogP contribution >= 0.6 is 11.3 Å². The maximum Gasteiger partial charge on any atom is 0.323 e. The summed E-state index contributed by atoms with van der Waals surface area (Å²) in [5, 5.41) is 16.9. The number of nitrogens with two attached hydrogens (primary N) is 1. The molecule has 204 valence electrons. The van der Waals surface area contributed by atoms with Crippen LogP contribution in [-0.2, 0) is 20.0 Å². The van der Waals surface area contributed by atoms with Crippen molar-refractivity contribution < 1.29 is 21.6 Å². The molecule has 12 nitrogen and oxygen atoms in total. The first kappa shape index (κ1) is 27.0. The summed E-state index contributed by atoms with van der Waals surface area (Å²) in [4.78, 5) is 16.8. The van der Waals surface area contributed by atoms with E-state index >= 15 is 0 Å². The average Bonchev–Trinajstić information content (AvgIpc) is 3.59. The number of urea groups is 1. The van der Waals surface area contributed by atoms with Crippen LogP contribution in [0.25, 0.3) is 16.9 Å². The molecule has 0 spiro atoms. The van der Waals surface area contributed by atoms with Gasteiger partial charge in [0, 0.05) is 22.8 Å². The van der Waals surface area contributed by atoms with Gasteiger partial charge in [-0.05, 0) is 48.5 Å². The summed E-state index contributed by atoms with van der Waals surface area (Å²) in [7, 11) is -7.69. The van der Waals surface area contributed by atoms with Crippen molar-refractivity contribution in [1.29, 1.82) is 0 Å². The van der Waals surface area contributed by atoms with E-state index in [4.69, 9.17) is 5.14 Å². The fraction of sp³-hybridized carbons (Fsp3) is 0. The second-order valence-electron chi connectivity index (χ2n) is 8.27. The van der Waals surface area contributed by atoms with Crippen LogP contribution in [0.15, 0.2) is 106 Å². The Hall–Kier alpha value is -4.57. The van der Waals surface area contributed by atoms with E-state index in [0.717, 1.165) is 16.9 Å². The molecule has 0 bridgehead atoms. The largest absolute Gasteiger partial charge is 0.323 e. The van der Waals surface area contributed by atoms with E-state index in [1.165, 1.54) is 48.8 Å². The molecule has 0 saturated carbocycles. The topological polar surface area (TPSA) is 178 Å². The van der Waals surface area contributed by atoms with Crippen molar-refractivity contribution in [3.63, 3.8) is 0 Å². The van der Waals surface area contributed by atoms with Crippen LogP contribution in [-0.4, -0.2) is 37.6 Å². The molecule has 0 aliphatic rings. The van der Waals surface area contributed by atoms with Crippen molar-refractivity contribution in [3.8, 4) is 16.9 Å². The van der Waals surface area contributed by atoms with Crippen LogP contribution in [0.1, 0.15) is 0 Å². The van der Waals surface area contributed by atoms with Crippen molar-refractivity contribution in [1.82, 2.24) is 14.8 Å². The van der Waals surface area contributed by atoms with Gasteiger partial charge in [-0.2, -0.15) is 5.10 Å². The first-order chi connectivity index (χ1) is 19.1. The summed E-state index contributed by atoms with van der Waals surface area (Å²) < 4.78 is 52.3. The van der Waals surface area contributed by atoms with Crippen LogP contribution < -0.4 is 20.5 Å². The Bertz CT molecular complexity index is 1860. The number of nitrogens with zero attached hydrogens (tertiary/aromatic N) is 3. The van der Waals surface area contributed by atoms with E-state index in [9.17, 15) is 21.6 Å². The molecule has 5 rings (SSSR count). The van der Waals surface area contributed by atoms with Gasteiger partial charge in [-0.1, -0.05) is 30.3 Å². The molecule has 0 radical (unpaired) electrons. The van der Waals surface area contributed by atoms with Crippen LogP contribution in [0.5, 0.6) is 0 Å². The first-order valence-corrected chi connectivity index (χ1v) is 15.4. The minimum Gasteiger partial charge on any atom is -0.308 e. The fourth-order valence-corrected chi connectivity index (χ4v) is 6.04. The van der Waals surface area contributed by atoms with Crippen molar-refractivity contribution in [2.24, 2.45) is 5.14 Å². The molecule has 3 aromatic carbocycles. The molecule has 2 heterocycles. The number of rotatable bonds is 8. The highest BCUT2D eigenvalue weighted by Gasteiger charge is 2.19. The Morgan fingerprint density at radius 3 is 2.15 bits per heavy atom. The molecule has 0 unspecified atom stereocenters. The maximum absolute atomic E-state index is 12.9. The number of hydrogen-bond acceptors (Lipinski definition) is 8. The Balaban J connectivity index is 1.36. The summed E-state index contributed by atoms with van der Waals surface area (Å²) in [6.07, 6.45) is 2.96. The first-order valence-electron chi connectivity index (χ1n) is 11.5. The lowest BCUT2D eigenvalue weighted by molar-refractivity contribution is 0.262. The number of primary sulfonamides is 1. The second kappa shape index (κ2) is 10.9. The smallest absolute Gasteiger partial charge is 0.308 e. The molecular formula is C25H21N7O5S3. The predicted octanol–water partition coefficient (Wildman–Crippen LogP) is 4.09. The van der Waals surface area contributed by atoms with Gasteiger partial charge in [0.05, 0.1) is 33.1 Å². The fourth-order valence-electron chi connectivity index (χ4n) is 3.74. The van der Waals surface area contributed by atoms with Crippen LogP contribution in [0.2, 0.25) is 0 Å². The predicted molar refractivity (Wildman–Crippen MR) is 152 cm³/mol. The van der Waals surface area contributed by atoms with Crippen molar-refractivity contribution in [3.05, 3.63) is 96.6 Å². The number of amides is 2. The number of thiazole rings is 1. The van der Waals surface area contributed by atoms with Gasteiger partial charge in [0.1, 0.15) is 0 Å². The molecule has 0 aliphatic heterocycles. The third-order valence-corrected chi connectivity index (χ3v) is 8.65. The number of hydrogen-bond donors (Lipinski definition) is 4. The number of anilines is 3. The monoisotopic (exact) mass is 595 g/mol.